The molecule has 1 aliphatic heterocycles. The molecule has 0 unspecified atom stereocenters. The highest BCUT2D eigenvalue weighted by Crippen LogP contribution is 2.11. The Morgan fingerprint density at radius 3 is 2.80 bits per heavy atom. The van der Waals surface area contributed by atoms with E-state index in [1.54, 1.807) is 11.8 Å². The van der Waals surface area contributed by atoms with E-state index < -0.39 is 0 Å². The van der Waals surface area contributed by atoms with Gasteiger partial charge in [0.05, 0.1) is 5.75 Å². The molecule has 0 N–H and O–H groups in total. The normalized spacial score (nSPS) is 16.8. The number of carbonyl (C=O) groups excluding carboxylic acids is 1. The highest BCUT2D eigenvalue weighted by molar-refractivity contribution is 8.00. The fraction of sp³-hybridized carbons (Fsp3) is 0.417. The smallest absolute Gasteiger partial charge is 0.232 e. The molecule has 0 spiro atoms. The predicted molar refractivity (Wildman–Crippen MR) is 64.1 cm³/mol. The van der Waals surface area contributed by atoms with Crippen molar-refractivity contribution >= 4 is 17.7 Å². The zero-order valence-corrected chi connectivity index (χ0v) is 9.50. The van der Waals surface area contributed by atoms with Crippen molar-refractivity contribution in [2.75, 3.05) is 24.6 Å². The van der Waals surface area contributed by atoms with E-state index in [9.17, 15) is 4.79 Å². The summed E-state index contributed by atoms with van der Waals surface area (Å²) < 4.78 is 0. The summed E-state index contributed by atoms with van der Waals surface area (Å²) in [5.41, 5.74) is 1.31. The Balaban J connectivity index is 1.85. The molecule has 0 saturated carbocycles. The summed E-state index contributed by atoms with van der Waals surface area (Å²) in [6.07, 6.45) is 0.969. The van der Waals surface area contributed by atoms with Crippen molar-refractivity contribution < 1.29 is 4.79 Å². The third-order valence-corrected chi connectivity index (χ3v) is 3.52. The van der Waals surface area contributed by atoms with Gasteiger partial charge in [-0.05, 0) is 12.0 Å². The molecule has 1 saturated heterocycles. The molecule has 2 rings (SSSR count). The first-order valence-corrected chi connectivity index (χ1v) is 6.41. The third-order valence-electron chi connectivity index (χ3n) is 2.60. The SMILES string of the molecule is O=C1CSCCN1CCc1ccccc1. The summed E-state index contributed by atoms with van der Waals surface area (Å²) in [6, 6.07) is 10.3. The summed E-state index contributed by atoms with van der Waals surface area (Å²) in [5, 5.41) is 0. The van der Waals surface area contributed by atoms with Gasteiger partial charge in [0.15, 0.2) is 0 Å². The number of hydrogen-bond donors (Lipinski definition) is 0. The van der Waals surface area contributed by atoms with Gasteiger partial charge in [-0.25, -0.2) is 0 Å². The van der Waals surface area contributed by atoms with Gasteiger partial charge in [-0.2, -0.15) is 11.8 Å². The molecule has 0 aliphatic carbocycles. The van der Waals surface area contributed by atoms with Crippen LogP contribution in [0.4, 0.5) is 0 Å². The van der Waals surface area contributed by atoms with Crippen molar-refractivity contribution in [3.05, 3.63) is 35.9 Å². The van der Waals surface area contributed by atoms with Gasteiger partial charge in [-0.3, -0.25) is 4.79 Å². The van der Waals surface area contributed by atoms with E-state index in [1.807, 2.05) is 23.1 Å². The van der Waals surface area contributed by atoms with Gasteiger partial charge < -0.3 is 4.90 Å². The van der Waals surface area contributed by atoms with Crippen LogP contribution in [-0.2, 0) is 11.2 Å². The molecule has 2 nitrogen and oxygen atoms in total. The van der Waals surface area contributed by atoms with E-state index in [4.69, 9.17) is 0 Å². The Bertz CT molecular complexity index is 326. The van der Waals surface area contributed by atoms with E-state index in [-0.39, 0.29) is 0 Å². The van der Waals surface area contributed by atoms with Crippen molar-refractivity contribution in [3.63, 3.8) is 0 Å². The summed E-state index contributed by atoms with van der Waals surface area (Å²) in [7, 11) is 0. The molecule has 80 valence electrons. The van der Waals surface area contributed by atoms with E-state index >= 15 is 0 Å². The Hall–Kier alpha value is -0.960. The van der Waals surface area contributed by atoms with Crippen LogP contribution in [0.25, 0.3) is 0 Å². The Morgan fingerprint density at radius 1 is 1.27 bits per heavy atom. The van der Waals surface area contributed by atoms with Crippen LogP contribution in [0.2, 0.25) is 0 Å². The van der Waals surface area contributed by atoms with Gasteiger partial charge in [-0.1, -0.05) is 30.3 Å². The monoisotopic (exact) mass is 221 g/mol. The van der Waals surface area contributed by atoms with Crippen LogP contribution < -0.4 is 0 Å². The number of nitrogens with zero attached hydrogens (tertiary/aromatic N) is 1. The first-order chi connectivity index (χ1) is 7.36. The molecule has 1 heterocycles. The highest BCUT2D eigenvalue weighted by atomic mass is 32.2. The second-order valence-corrected chi connectivity index (χ2v) is 4.77. The maximum absolute atomic E-state index is 11.5. The van der Waals surface area contributed by atoms with Crippen molar-refractivity contribution in [2.45, 2.75) is 6.42 Å². The maximum Gasteiger partial charge on any atom is 0.232 e. The fourth-order valence-electron chi connectivity index (χ4n) is 1.70. The van der Waals surface area contributed by atoms with Crippen molar-refractivity contribution in [3.8, 4) is 0 Å². The molecule has 1 aromatic rings. The molecular formula is C12H15NOS. The van der Waals surface area contributed by atoms with E-state index in [0.29, 0.717) is 11.7 Å². The van der Waals surface area contributed by atoms with Gasteiger partial charge in [0.1, 0.15) is 0 Å². The van der Waals surface area contributed by atoms with E-state index in [1.165, 1.54) is 5.56 Å². The second kappa shape index (κ2) is 5.21. The van der Waals surface area contributed by atoms with E-state index in [2.05, 4.69) is 12.1 Å². The third kappa shape index (κ3) is 2.99. The zero-order chi connectivity index (χ0) is 10.5. The minimum absolute atomic E-state index is 0.294. The Kier molecular flexibility index (Phi) is 3.67. The van der Waals surface area contributed by atoms with Crippen LogP contribution in [0.3, 0.4) is 0 Å². The van der Waals surface area contributed by atoms with Gasteiger partial charge in [0.2, 0.25) is 5.91 Å². The first-order valence-electron chi connectivity index (χ1n) is 5.26. The quantitative estimate of drug-likeness (QED) is 0.776. The Morgan fingerprint density at radius 2 is 2.07 bits per heavy atom. The van der Waals surface area contributed by atoms with Crippen molar-refractivity contribution in [2.24, 2.45) is 0 Å². The lowest BCUT2D eigenvalue weighted by Gasteiger charge is -2.26. The van der Waals surface area contributed by atoms with Gasteiger partial charge in [0, 0.05) is 18.8 Å². The molecule has 1 aromatic carbocycles. The van der Waals surface area contributed by atoms with Crippen LogP contribution in [0.1, 0.15) is 5.56 Å². The molecule has 3 heteroatoms. The molecule has 0 bridgehead atoms. The molecule has 15 heavy (non-hydrogen) atoms. The van der Waals surface area contributed by atoms with Crippen LogP contribution in [-0.4, -0.2) is 35.4 Å². The van der Waals surface area contributed by atoms with Crippen LogP contribution in [0.15, 0.2) is 30.3 Å². The van der Waals surface area contributed by atoms with Gasteiger partial charge in [0.25, 0.3) is 0 Å². The number of thioether (sulfide) groups is 1. The number of carbonyl (C=O) groups is 1. The van der Waals surface area contributed by atoms with Crippen molar-refractivity contribution in [1.29, 1.82) is 0 Å². The number of rotatable bonds is 3. The molecule has 0 radical (unpaired) electrons. The minimum atomic E-state index is 0.294. The van der Waals surface area contributed by atoms with Crippen molar-refractivity contribution in [1.82, 2.24) is 4.90 Å². The van der Waals surface area contributed by atoms with Crippen LogP contribution in [0, 0.1) is 0 Å². The molecule has 1 aliphatic rings. The van der Waals surface area contributed by atoms with Gasteiger partial charge >= 0.3 is 0 Å². The number of benzene rings is 1. The summed E-state index contributed by atoms with van der Waals surface area (Å²) in [4.78, 5) is 13.5. The van der Waals surface area contributed by atoms with E-state index in [0.717, 1.165) is 25.3 Å². The molecule has 1 amide bonds. The lowest BCUT2D eigenvalue weighted by atomic mass is 10.1. The molecule has 0 atom stereocenters. The number of amides is 1. The summed E-state index contributed by atoms with van der Waals surface area (Å²) in [5.74, 6) is 2.04. The molecule has 0 aromatic heterocycles. The topological polar surface area (TPSA) is 20.3 Å². The average molecular weight is 221 g/mol. The lowest BCUT2D eigenvalue weighted by Crippen LogP contribution is -2.39. The second-order valence-electron chi connectivity index (χ2n) is 3.67. The lowest BCUT2D eigenvalue weighted by molar-refractivity contribution is -0.128. The molecule has 1 fully saturated rings. The average Bonchev–Trinajstić information content (AvgIpc) is 2.29. The van der Waals surface area contributed by atoms with Gasteiger partial charge in [-0.15, -0.1) is 0 Å². The highest BCUT2D eigenvalue weighted by Gasteiger charge is 2.17. The zero-order valence-electron chi connectivity index (χ0n) is 8.69. The maximum atomic E-state index is 11.5. The largest absolute Gasteiger partial charge is 0.341 e. The van der Waals surface area contributed by atoms with Crippen LogP contribution in [0.5, 0.6) is 0 Å². The van der Waals surface area contributed by atoms with Crippen LogP contribution >= 0.6 is 11.8 Å². The number of hydrogen-bond acceptors (Lipinski definition) is 2. The Labute approximate surface area is 94.7 Å². The first kappa shape index (κ1) is 10.6. The standard InChI is InChI=1S/C12H15NOS/c14-12-10-15-9-8-13(12)7-6-11-4-2-1-3-5-11/h1-5H,6-10H2. The summed E-state index contributed by atoms with van der Waals surface area (Å²) >= 11 is 1.74. The minimum Gasteiger partial charge on any atom is -0.341 e. The summed E-state index contributed by atoms with van der Waals surface area (Å²) in [6.45, 7) is 1.78. The fourth-order valence-corrected chi connectivity index (χ4v) is 2.55. The predicted octanol–water partition coefficient (Wildman–Crippen LogP) is 1.80. The molecular weight excluding hydrogens is 206 g/mol.